The summed E-state index contributed by atoms with van der Waals surface area (Å²) < 4.78 is 30.8. The van der Waals surface area contributed by atoms with Gasteiger partial charge >= 0.3 is 0 Å². The van der Waals surface area contributed by atoms with E-state index in [0.717, 1.165) is 11.3 Å². The first kappa shape index (κ1) is 14.6. The van der Waals surface area contributed by atoms with Crippen molar-refractivity contribution in [2.75, 3.05) is 26.8 Å². The number of hydrogen-bond donors (Lipinski definition) is 0. The van der Waals surface area contributed by atoms with Gasteiger partial charge in [-0.15, -0.1) is 6.58 Å². The Bertz CT molecular complexity index is 472. The van der Waals surface area contributed by atoms with Gasteiger partial charge in [0.2, 0.25) is 0 Å². The number of methoxy groups -OCH3 is 1. The fraction of sp³-hybridized carbons (Fsp3) is 0.444. The molecule has 17 heavy (non-hydrogen) atoms. The fourth-order valence-electron chi connectivity index (χ4n) is 1.13. The first-order valence-electron chi connectivity index (χ1n) is 4.73. The Labute approximate surface area is 110 Å². The highest BCUT2D eigenvalue weighted by Crippen LogP contribution is 2.25. The molecule has 1 rings (SSSR count). The molecule has 0 amide bonds. The Morgan fingerprint density at radius 3 is 2.88 bits per heavy atom. The maximum atomic E-state index is 12.2. The molecule has 1 aromatic heterocycles. The van der Waals surface area contributed by atoms with Gasteiger partial charge in [-0.05, 0) is 0 Å². The van der Waals surface area contributed by atoms with Crippen LogP contribution in [0.4, 0.5) is 0 Å². The number of hydrogen-bond acceptors (Lipinski definition) is 5. The molecule has 0 bridgehead atoms. The number of halogens is 1. The van der Waals surface area contributed by atoms with Crippen molar-refractivity contribution in [2.45, 2.75) is 4.21 Å². The standard InChI is InChI=1S/C9H13ClN2O3S2/c1-3-4-12(5-6-15-2)17(13,14)8-7-11-9(10)16-8/h3,7H,1,4-6H2,2H3. The predicted octanol–water partition coefficient (Wildman–Crippen LogP) is 1.62. The zero-order chi connectivity index (χ0) is 12.9. The SMILES string of the molecule is C=CCN(CCOC)S(=O)(=O)c1cnc(Cl)s1. The van der Waals surface area contributed by atoms with E-state index in [4.69, 9.17) is 16.3 Å². The van der Waals surface area contributed by atoms with Crippen molar-refractivity contribution in [3.8, 4) is 0 Å². The molecular formula is C9H13ClN2O3S2. The topological polar surface area (TPSA) is 59.5 Å². The molecule has 0 aliphatic rings. The third-order valence-electron chi connectivity index (χ3n) is 1.93. The monoisotopic (exact) mass is 296 g/mol. The van der Waals surface area contributed by atoms with E-state index in [9.17, 15) is 8.42 Å². The lowest BCUT2D eigenvalue weighted by Gasteiger charge is -2.18. The number of sulfonamides is 1. The third kappa shape index (κ3) is 3.75. The van der Waals surface area contributed by atoms with Crippen molar-refractivity contribution in [1.82, 2.24) is 9.29 Å². The fourth-order valence-corrected chi connectivity index (χ4v) is 3.98. The highest BCUT2D eigenvalue weighted by molar-refractivity contribution is 7.91. The molecule has 0 unspecified atom stereocenters. The van der Waals surface area contributed by atoms with Crippen LogP contribution in [0.3, 0.4) is 0 Å². The van der Waals surface area contributed by atoms with Crippen LogP contribution in [0.2, 0.25) is 4.47 Å². The van der Waals surface area contributed by atoms with Crippen LogP contribution < -0.4 is 0 Å². The van der Waals surface area contributed by atoms with Crippen LogP contribution in [0.5, 0.6) is 0 Å². The first-order valence-corrected chi connectivity index (χ1v) is 7.37. The van der Waals surface area contributed by atoms with Crippen molar-refractivity contribution >= 4 is 33.0 Å². The lowest BCUT2D eigenvalue weighted by molar-refractivity contribution is 0.182. The van der Waals surface area contributed by atoms with Crippen LogP contribution in [0.1, 0.15) is 0 Å². The van der Waals surface area contributed by atoms with E-state index in [0.29, 0.717) is 6.61 Å². The van der Waals surface area contributed by atoms with Crippen molar-refractivity contribution in [1.29, 1.82) is 0 Å². The zero-order valence-electron chi connectivity index (χ0n) is 9.30. The molecule has 0 radical (unpaired) electrons. The van der Waals surface area contributed by atoms with Gasteiger partial charge in [-0.2, -0.15) is 4.31 Å². The summed E-state index contributed by atoms with van der Waals surface area (Å²) >= 11 is 6.56. The molecule has 0 spiro atoms. The Morgan fingerprint density at radius 2 is 2.41 bits per heavy atom. The number of rotatable bonds is 7. The molecule has 1 aromatic rings. The van der Waals surface area contributed by atoms with Gasteiger partial charge in [-0.3, -0.25) is 0 Å². The van der Waals surface area contributed by atoms with Gasteiger partial charge in [0.05, 0.1) is 12.8 Å². The molecule has 0 aliphatic carbocycles. The Balaban J connectivity index is 2.95. The average Bonchev–Trinajstić information content (AvgIpc) is 2.71. The van der Waals surface area contributed by atoms with Gasteiger partial charge < -0.3 is 4.74 Å². The quantitative estimate of drug-likeness (QED) is 0.718. The maximum absolute atomic E-state index is 12.2. The molecular weight excluding hydrogens is 284 g/mol. The Hall–Kier alpha value is -0.470. The van der Waals surface area contributed by atoms with E-state index >= 15 is 0 Å². The van der Waals surface area contributed by atoms with E-state index < -0.39 is 10.0 Å². The highest BCUT2D eigenvalue weighted by atomic mass is 35.5. The largest absolute Gasteiger partial charge is 0.383 e. The lowest BCUT2D eigenvalue weighted by atomic mass is 10.6. The summed E-state index contributed by atoms with van der Waals surface area (Å²) in [6.45, 7) is 4.34. The molecule has 0 saturated heterocycles. The minimum Gasteiger partial charge on any atom is -0.383 e. The van der Waals surface area contributed by atoms with Crippen LogP contribution in [0.15, 0.2) is 23.1 Å². The van der Waals surface area contributed by atoms with E-state index in [1.807, 2.05) is 0 Å². The van der Waals surface area contributed by atoms with Gasteiger partial charge in [-0.1, -0.05) is 29.0 Å². The summed E-state index contributed by atoms with van der Waals surface area (Å²) in [5.74, 6) is 0. The normalized spacial score (nSPS) is 11.9. The molecule has 0 aromatic carbocycles. The van der Waals surface area contributed by atoms with E-state index in [1.165, 1.54) is 23.7 Å². The van der Waals surface area contributed by atoms with Crippen LogP contribution in [-0.2, 0) is 14.8 Å². The van der Waals surface area contributed by atoms with Gasteiger partial charge in [0.1, 0.15) is 0 Å². The molecule has 0 atom stereocenters. The molecule has 0 saturated carbocycles. The number of ether oxygens (including phenoxy) is 1. The predicted molar refractivity (Wildman–Crippen MR) is 68.0 cm³/mol. The number of thiazole rings is 1. The Morgan fingerprint density at radius 1 is 1.71 bits per heavy atom. The van der Waals surface area contributed by atoms with Crippen molar-refractivity contribution in [2.24, 2.45) is 0 Å². The van der Waals surface area contributed by atoms with Crippen molar-refractivity contribution < 1.29 is 13.2 Å². The number of nitrogens with zero attached hydrogens (tertiary/aromatic N) is 2. The molecule has 0 fully saturated rings. The maximum Gasteiger partial charge on any atom is 0.254 e. The van der Waals surface area contributed by atoms with E-state index in [-0.39, 0.29) is 21.8 Å². The summed E-state index contributed by atoms with van der Waals surface area (Å²) in [6.07, 6.45) is 2.78. The molecule has 1 heterocycles. The Kier molecular flexibility index (Phi) is 5.54. The second-order valence-electron chi connectivity index (χ2n) is 3.08. The minimum atomic E-state index is -3.56. The van der Waals surface area contributed by atoms with Crippen LogP contribution in [0, 0.1) is 0 Å². The average molecular weight is 297 g/mol. The second kappa shape index (κ2) is 6.46. The van der Waals surface area contributed by atoms with Gasteiger partial charge in [-0.25, -0.2) is 13.4 Å². The van der Waals surface area contributed by atoms with Crippen molar-refractivity contribution in [3.63, 3.8) is 0 Å². The summed E-state index contributed by atoms with van der Waals surface area (Å²) in [5.41, 5.74) is 0. The molecule has 8 heteroatoms. The first-order chi connectivity index (χ1) is 8.02. The van der Waals surface area contributed by atoms with Crippen molar-refractivity contribution in [3.05, 3.63) is 23.3 Å². The highest BCUT2D eigenvalue weighted by Gasteiger charge is 2.25. The third-order valence-corrected chi connectivity index (χ3v) is 5.34. The van der Waals surface area contributed by atoms with E-state index in [2.05, 4.69) is 11.6 Å². The summed E-state index contributed by atoms with van der Waals surface area (Å²) in [7, 11) is -2.04. The zero-order valence-corrected chi connectivity index (χ0v) is 11.7. The summed E-state index contributed by atoms with van der Waals surface area (Å²) in [5, 5.41) is 0. The van der Waals surface area contributed by atoms with Crippen LogP contribution in [0.25, 0.3) is 0 Å². The molecule has 5 nitrogen and oxygen atoms in total. The molecule has 0 aliphatic heterocycles. The van der Waals surface area contributed by atoms with Gasteiger partial charge in [0.15, 0.2) is 8.68 Å². The number of aromatic nitrogens is 1. The minimum absolute atomic E-state index is 0.125. The summed E-state index contributed by atoms with van der Waals surface area (Å²) in [6, 6.07) is 0. The van der Waals surface area contributed by atoms with E-state index in [1.54, 1.807) is 0 Å². The van der Waals surface area contributed by atoms with Gasteiger partial charge in [0.25, 0.3) is 10.0 Å². The van der Waals surface area contributed by atoms with Gasteiger partial charge in [0, 0.05) is 20.2 Å². The molecule has 96 valence electrons. The van der Waals surface area contributed by atoms with Crippen LogP contribution in [-0.4, -0.2) is 44.5 Å². The smallest absolute Gasteiger partial charge is 0.254 e. The summed E-state index contributed by atoms with van der Waals surface area (Å²) in [4.78, 5) is 3.73. The second-order valence-corrected chi connectivity index (χ2v) is 6.85. The lowest BCUT2D eigenvalue weighted by Crippen LogP contribution is -2.33. The molecule has 0 N–H and O–H groups in total. The van der Waals surface area contributed by atoms with Crippen LogP contribution >= 0.6 is 22.9 Å².